The number of aryl methyl sites for hydroxylation is 1. The molecule has 6 heteroatoms. The molecule has 0 bridgehead atoms. The Balaban J connectivity index is 1.89. The minimum Gasteiger partial charge on any atom is -0.497 e. The lowest BCUT2D eigenvalue weighted by Gasteiger charge is -2.12. The molecule has 1 aromatic carbocycles. The van der Waals surface area contributed by atoms with Crippen LogP contribution in [-0.2, 0) is 0 Å². The molecule has 0 aliphatic rings. The molecule has 3 heterocycles. The van der Waals surface area contributed by atoms with E-state index < -0.39 is 0 Å². The van der Waals surface area contributed by atoms with Crippen LogP contribution in [0.5, 0.6) is 5.75 Å². The van der Waals surface area contributed by atoms with Gasteiger partial charge in [0.2, 0.25) is 0 Å². The molecule has 4 aromatic rings. The monoisotopic (exact) mass is 343 g/mol. The number of aromatic nitrogens is 4. The van der Waals surface area contributed by atoms with Crippen molar-refractivity contribution in [2.45, 2.75) is 6.92 Å². The molecule has 0 aliphatic heterocycles. The number of pyridine rings is 2. The van der Waals surface area contributed by atoms with Gasteiger partial charge < -0.3 is 10.1 Å². The van der Waals surface area contributed by atoms with Gasteiger partial charge in [0.05, 0.1) is 12.6 Å². The van der Waals surface area contributed by atoms with Crippen LogP contribution in [0.25, 0.3) is 22.3 Å². The summed E-state index contributed by atoms with van der Waals surface area (Å²) < 4.78 is 5.35. The third kappa shape index (κ3) is 3.17. The summed E-state index contributed by atoms with van der Waals surface area (Å²) in [4.78, 5) is 17.9. The highest BCUT2D eigenvalue weighted by molar-refractivity contribution is 5.93. The lowest BCUT2D eigenvalue weighted by atomic mass is 10.2. The summed E-state index contributed by atoms with van der Waals surface area (Å²) in [7, 11) is 1.64. The van der Waals surface area contributed by atoms with Crippen molar-refractivity contribution < 1.29 is 4.74 Å². The Kier molecular flexibility index (Phi) is 4.15. The van der Waals surface area contributed by atoms with Gasteiger partial charge in [-0.2, -0.15) is 0 Å². The van der Waals surface area contributed by atoms with Gasteiger partial charge in [0.15, 0.2) is 5.82 Å². The van der Waals surface area contributed by atoms with Crippen molar-refractivity contribution in [3.05, 3.63) is 66.6 Å². The van der Waals surface area contributed by atoms with E-state index in [1.54, 1.807) is 25.7 Å². The maximum absolute atomic E-state index is 5.35. The van der Waals surface area contributed by atoms with Crippen LogP contribution < -0.4 is 10.1 Å². The smallest absolute Gasteiger partial charge is 0.163 e. The highest BCUT2D eigenvalue weighted by atomic mass is 16.5. The zero-order chi connectivity index (χ0) is 17.9. The van der Waals surface area contributed by atoms with Gasteiger partial charge in [-0.25, -0.2) is 15.0 Å². The molecule has 4 rings (SSSR count). The van der Waals surface area contributed by atoms with Gasteiger partial charge in [0, 0.05) is 29.5 Å². The number of hydrogen-bond donors (Lipinski definition) is 1. The molecule has 0 amide bonds. The topological polar surface area (TPSA) is 72.8 Å². The van der Waals surface area contributed by atoms with E-state index in [1.165, 1.54) is 0 Å². The summed E-state index contributed by atoms with van der Waals surface area (Å²) in [6.45, 7) is 2.02. The fraction of sp³-hybridized carbons (Fsp3) is 0.100. The first-order chi connectivity index (χ1) is 12.7. The van der Waals surface area contributed by atoms with Crippen molar-refractivity contribution in [2.24, 2.45) is 0 Å². The van der Waals surface area contributed by atoms with Crippen molar-refractivity contribution in [3.8, 4) is 17.1 Å². The van der Waals surface area contributed by atoms with Crippen molar-refractivity contribution in [1.29, 1.82) is 0 Å². The molecule has 0 aliphatic carbocycles. The van der Waals surface area contributed by atoms with E-state index >= 15 is 0 Å². The summed E-state index contributed by atoms with van der Waals surface area (Å²) in [6, 6.07) is 13.5. The van der Waals surface area contributed by atoms with E-state index in [4.69, 9.17) is 9.72 Å². The summed E-state index contributed by atoms with van der Waals surface area (Å²) in [5.74, 6) is 2.75. The average molecular weight is 343 g/mol. The molecular formula is C20H17N5O. The quantitative estimate of drug-likeness (QED) is 0.600. The Morgan fingerprint density at radius 3 is 2.69 bits per heavy atom. The van der Waals surface area contributed by atoms with Gasteiger partial charge in [0.25, 0.3) is 0 Å². The maximum atomic E-state index is 5.35. The van der Waals surface area contributed by atoms with E-state index in [9.17, 15) is 0 Å². The number of benzene rings is 1. The molecule has 0 saturated heterocycles. The molecular weight excluding hydrogens is 326 g/mol. The Morgan fingerprint density at radius 2 is 1.92 bits per heavy atom. The maximum Gasteiger partial charge on any atom is 0.163 e. The fourth-order valence-corrected chi connectivity index (χ4v) is 2.68. The zero-order valence-corrected chi connectivity index (χ0v) is 14.5. The van der Waals surface area contributed by atoms with Gasteiger partial charge >= 0.3 is 0 Å². The Hall–Kier alpha value is -3.54. The number of nitrogens with zero attached hydrogens (tertiary/aromatic N) is 4. The van der Waals surface area contributed by atoms with Gasteiger partial charge in [-0.05, 0) is 55.0 Å². The summed E-state index contributed by atoms with van der Waals surface area (Å²) in [6.07, 6.45) is 5.24. The number of ether oxygens (including phenoxy) is 1. The molecule has 3 aromatic heterocycles. The second-order valence-electron chi connectivity index (χ2n) is 5.86. The molecule has 0 spiro atoms. The van der Waals surface area contributed by atoms with Gasteiger partial charge in [0.1, 0.15) is 17.4 Å². The molecule has 1 N–H and O–H groups in total. The van der Waals surface area contributed by atoms with E-state index in [-0.39, 0.29) is 0 Å². The van der Waals surface area contributed by atoms with E-state index in [0.29, 0.717) is 11.6 Å². The lowest BCUT2D eigenvalue weighted by molar-refractivity contribution is 0.415. The summed E-state index contributed by atoms with van der Waals surface area (Å²) in [5.41, 5.74) is 2.78. The number of methoxy groups -OCH3 is 1. The average Bonchev–Trinajstić information content (AvgIpc) is 2.68. The van der Waals surface area contributed by atoms with Crippen molar-refractivity contribution in [3.63, 3.8) is 0 Å². The van der Waals surface area contributed by atoms with Crippen LogP contribution in [0.3, 0.4) is 0 Å². The normalized spacial score (nSPS) is 10.7. The highest BCUT2D eigenvalue weighted by Gasteiger charge is 2.11. The van der Waals surface area contributed by atoms with E-state index in [1.807, 2.05) is 49.4 Å². The zero-order valence-electron chi connectivity index (χ0n) is 14.5. The van der Waals surface area contributed by atoms with Crippen LogP contribution in [0.2, 0.25) is 0 Å². The lowest BCUT2D eigenvalue weighted by Crippen LogP contribution is -2.01. The summed E-state index contributed by atoms with van der Waals surface area (Å²) in [5, 5.41) is 4.17. The molecule has 0 saturated carbocycles. The molecule has 0 fully saturated rings. The highest BCUT2D eigenvalue weighted by Crippen LogP contribution is 2.29. The van der Waals surface area contributed by atoms with Crippen molar-refractivity contribution in [2.75, 3.05) is 12.4 Å². The number of nitrogens with one attached hydrogen (secondary N) is 1. The predicted molar refractivity (Wildman–Crippen MR) is 102 cm³/mol. The Morgan fingerprint density at radius 1 is 1.00 bits per heavy atom. The Labute approximate surface area is 150 Å². The van der Waals surface area contributed by atoms with E-state index in [0.717, 1.165) is 33.6 Å². The van der Waals surface area contributed by atoms with Crippen LogP contribution in [0.15, 0.2) is 61.1 Å². The third-order valence-corrected chi connectivity index (χ3v) is 3.98. The van der Waals surface area contributed by atoms with Gasteiger partial charge in [-0.15, -0.1) is 0 Å². The van der Waals surface area contributed by atoms with Crippen LogP contribution in [-0.4, -0.2) is 27.0 Å². The van der Waals surface area contributed by atoms with Gasteiger partial charge in [-0.3, -0.25) is 4.98 Å². The molecule has 6 nitrogen and oxygen atoms in total. The largest absolute Gasteiger partial charge is 0.497 e. The number of anilines is 2. The molecule has 0 atom stereocenters. The number of rotatable bonds is 4. The fourth-order valence-electron chi connectivity index (χ4n) is 2.68. The first kappa shape index (κ1) is 16.0. The van der Waals surface area contributed by atoms with Crippen LogP contribution >= 0.6 is 0 Å². The Bertz CT molecular complexity index is 1070. The minimum atomic E-state index is 0.603. The second kappa shape index (κ2) is 6.76. The number of hydrogen-bond acceptors (Lipinski definition) is 6. The first-order valence-corrected chi connectivity index (χ1v) is 8.19. The number of fused-ring (bicyclic) bond motifs is 1. The van der Waals surface area contributed by atoms with Crippen molar-refractivity contribution >= 4 is 22.5 Å². The van der Waals surface area contributed by atoms with Crippen LogP contribution in [0.1, 0.15) is 5.56 Å². The second-order valence-corrected chi connectivity index (χ2v) is 5.86. The SMILES string of the molecule is COc1ccc2nc(-c3cccnc3)nc(Nc3cc(C)ccn3)c2c1. The molecule has 26 heavy (non-hydrogen) atoms. The third-order valence-electron chi connectivity index (χ3n) is 3.98. The van der Waals surface area contributed by atoms with Gasteiger partial charge in [-0.1, -0.05) is 0 Å². The van der Waals surface area contributed by atoms with E-state index in [2.05, 4.69) is 20.3 Å². The predicted octanol–water partition coefficient (Wildman–Crippen LogP) is 4.15. The molecule has 0 radical (unpaired) electrons. The van der Waals surface area contributed by atoms with Crippen LogP contribution in [0.4, 0.5) is 11.6 Å². The summed E-state index contributed by atoms with van der Waals surface area (Å²) >= 11 is 0. The van der Waals surface area contributed by atoms with Crippen molar-refractivity contribution in [1.82, 2.24) is 19.9 Å². The minimum absolute atomic E-state index is 0.603. The molecule has 0 unspecified atom stereocenters. The molecule has 128 valence electrons. The first-order valence-electron chi connectivity index (χ1n) is 8.19. The van der Waals surface area contributed by atoms with Crippen LogP contribution in [0, 0.1) is 6.92 Å². The standard InChI is InChI=1S/C20H17N5O/c1-13-7-9-22-18(10-13)24-20-16-11-15(26-2)5-6-17(16)23-19(25-20)14-4-3-8-21-12-14/h3-12H,1-2H3,(H,22,23,24,25).